The number of rotatable bonds is 4. The van der Waals surface area contributed by atoms with Crippen molar-refractivity contribution in [1.29, 1.82) is 0 Å². The molecule has 0 fully saturated rings. The van der Waals surface area contributed by atoms with Crippen molar-refractivity contribution in [2.24, 2.45) is 0 Å². The van der Waals surface area contributed by atoms with E-state index in [1.165, 1.54) is 0 Å². The molecule has 0 heterocycles. The molecular weight excluding hydrogens is 216 g/mol. The van der Waals surface area contributed by atoms with Gasteiger partial charge in [-0.2, -0.15) is 0 Å². The summed E-state index contributed by atoms with van der Waals surface area (Å²) in [5.41, 5.74) is 5.87. The Morgan fingerprint density at radius 1 is 1.47 bits per heavy atom. The number of nitrogens with two attached hydrogens (primary N) is 1. The summed E-state index contributed by atoms with van der Waals surface area (Å²) in [6.07, 6.45) is 0. The molecule has 0 saturated carbocycles. The Balaban J connectivity index is 2.87. The molecule has 0 saturated heterocycles. The number of likely N-dealkylation sites (N-methyl/N-ethyl adjacent to an activating group) is 1. The monoisotopic (exact) mass is 236 g/mol. The van der Waals surface area contributed by atoms with Crippen molar-refractivity contribution in [3.8, 4) is 0 Å². The van der Waals surface area contributed by atoms with Gasteiger partial charge in [0.1, 0.15) is 0 Å². The fraction of sp³-hybridized carbons (Fsp3) is 0.462. The summed E-state index contributed by atoms with van der Waals surface area (Å²) in [6.45, 7) is 6.11. The molecule has 3 N–H and O–H groups in total. The molecule has 0 radical (unpaired) electrons. The predicted molar refractivity (Wildman–Crippen MR) is 68.7 cm³/mol. The van der Waals surface area contributed by atoms with E-state index >= 15 is 0 Å². The van der Waals surface area contributed by atoms with E-state index in [0.717, 1.165) is 0 Å². The van der Waals surface area contributed by atoms with E-state index < -0.39 is 5.60 Å². The lowest BCUT2D eigenvalue weighted by Gasteiger charge is -2.28. The largest absolute Gasteiger partial charge is 0.399 e. The Hall–Kier alpha value is -1.55. The van der Waals surface area contributed by atoms with Crippen molar-refractivity contribution >= 4 is 11.6 Å². The van der Waals surface area contributed by atoms with Crippen LogP contribution in [0.1, 0.15) is 31.1 Å². The summed E-state index contributed by atoms with van der Waals surface area (Å²) in [5.74, 6) is -0.109. The number of nitrogens with zero attached hydrogens (tertiary/aromatic N) is 1. The zero-order valence-corrected chi connectivity index (χ0v) is 10.6. The average molecular weight is 236 g/mol. The molecule has 0 spiro atoms. The van der Waals surface area contributed by atoms with Gasteiger partial charge in [0.15, 0.2) is 0 Å². The third kappa shape index (κ3) is 4.07. The van der Waals surface area contributed by atoms with E-state index in [9.17, 15) is 9.90 Å². The molecule has 1 aromatic carbocycles. The predicted octanol–water partition coefficient (Wildman–Crippen LogP) is 1.50. The van der Waals surface area contributed by atoms with Gasteiger partial charge in [-0.05, 0) is 39.0 Å². The highest BCUT2D eigenvalue weighted by Crippen LogP contribution is 2.12. The lowest BCUT2D eigenvalue weighted by Crippen LogP contribution is -2.42. The highest BCUT2D eigenvalue weighted by molar-refractivity contribution is 5.95. The number of hydrogen-bond acceptors (Lipinski definition) is 3. The number of aliphatic hydroxyl groups is 1. The van der Waals surface area contributed by atoms with Gasteiger partial charge in [-0.1, -0.05) is 6.07 Å². The Morgan fingerprint density at radius 3 is 2.59 bits per heavy atom. The van der Waals surface area contributed by atoms with Crippen LogP contribution < -0.4 is 5.73 Å². The smallest absolute Gasteiger partial charge is 0.254 e. The van der Waals surface area contributed by atoms with Crippen LogP contribution in [0.25, 0.3) is 0 Å². The van der Waals surface area contributed by atoms with Crippen molar-refractivity contribution < 1.29 is 9.90 Å². The Bertz CT molecular complexity index is 397. The van der Waals surface area contributed by atoms with E-state index in [0.29, 0.717) is 24.3 Å². The maximum atomic E-state index is 12.2. The van der Waals surface area contributed by atoms with Crippen molar-refractivity contribution in [3.63, 3.8) is 0 Å². The SMILES string of the molecule is CCN(CC(C)(C)O)C(=O)c1cccc(N)c1. The van der Waals surface area contributed by atoms with Gasteiger partial charge < -0.3 is 15.7 Å². The molecule has 1 rings (SSSR count). The highest BCUT2D eigenvalue weighted by Gasteiger charge is 2.22. The minimum atomic E-state index is -0.897. The first-order valence-corrected chi connectivity index (χ1v) is 5.70. The molecule has 4 nitrogen and oxygen atoms in total. The number of hydrogen-bond donors (Lipinski definition) is 2. The van der Waals surface area contributed by atoms with Crippen LogP contribution in [0, 0.1) is 0 Å². The summed E-state index contributed by atoms with van der Waals surface area (Å²) in [6, 6.07) is 6.87. The fourth-order valence-corrected chi connectivity index (χ4v) is 1.65. The highest BCUT2D eigenvalue weighted by atomic mass is 16.3. The maximum Gasteiger partial charge on any atom is 0.254 e. The molecule has 0 aliphatic heterocycles. The molecule has 0 unspecified atom stereocenters. The third-order valence-corrected chi connectivity index (χ3v) is 2.38. The van der Waals surface area contributed by atoms with Gasteiger partial charge in [0.25, 0.3) is 5.91 Å². The van der Waals surface area contributed by atoms with Crippen LogP contribution >= 0.6 is 0 Å². The second-order valence-electron chi connectivity index (χ2n) is 4.76. The first kappa shape index (κ1) is 13.5. The topological polar surface area (TPSA) is 66.6 Å². The molecular formula is C13H20N2O2. The molecule has 1 aromatic rings. The van der Waals surface area contributed by atoms with Crippen LogP contribution in [0.15, 0.2) is 24.3 Å². The first-order valence-electron chi connectivity index (χ1n) is 5.70. The van der Waals surface area contributed by atoms with Gasteiger partial charge in [-0.3, -0.25) is 4.79 Å². The van der Waals surface area contributed by atoms with Crippen LogP contribution in [0.3, 0.4) is 0 Å². The molecule has 0 aliphatic carbocycles. The minimum absolute atomic E-state index is 0.109. The molecule has 0 aliphatic rings. The Morgan fingerprint density at radius 2 is 2.12 bits per heavy atom. The second-order valence-corrected chi connectivity index (χ2v) is 4.76. The molecule has 0 atom stereocenters. The number of carbonyl (C=O) groups excluding carboxylic acids is 1. The van der Waals surface area contributed by atoms with Crippen LogP contribution in [-0.2, 0) is 0 Å². The van der Waals surface area contributed by atoms with Crippen molar-refractivity contribution in [1.82, 2.24) is 4.90 Å². The zero-order valence-electron chi connectivity index (χ0n) is 10.6. The zero-order chi connectivity index (χ0) is 13.1. The standard InChI is InChI=1S/C13H20N2O2/c1-4-15(9-13(2,3)17)12(16)10-6-5-7-11(14)8-10/h5-8,17H,4,9,14H2,1-3H3. The quantitative estimate of drug-likeness (QED) is 0.779. The fourth-order valence-electron chi connectivity index (χ4n) is 1.65. The second kappa shape index (κ2) is 5.19. The average Bonchev–Trinajstić information content (AvgIpc) is 2.23. The van der Waals surface area contributed by atoms with E-state index in [1.54, 1.807) is 43.0 Å². The molecule has 17 heavy (non-hydrogen) atoms. The maximum absolute atomic E-state index is 12.2. The summed E-state index contributed by atoms with van der Waals surface area (Å²) in [7, 11) is 0. The van der Waals surface area contributed by atoms with Gasteiger partial charge in [0.2, 0.25) is 0 Å². The van der Waals surface area contributed by atoms with E-state index in [1.807, 2.05) is 6.92 Å². The molecule has 0 aromatic heterocycles. The molecule has 0 bridgehead atoms. The summed E-state index contributed by atoms with van der Waals surface area (Å²) in [5, 5.41) is 9.75. The van der Waals surface area contributed by atoms with Crippen molar-refractivity contribution in [2.45, 2.75) is 26.4 Å². The Labute approximate surface area is 102 Å². The van der Waals surface area contributed by atoms with Crippen LogP contribution in [0.2, 0.25) is 0 Å². The summed E-state index contributed by atoms with van der Waals surface area (Å²) in [4.78, 5) is 13.8. The lowest BCUT2D eigenvalue weighted by molar-refractivity contribution is 0.0315. The van der Waals surface area contributed by atoms with Crippen LogP contribution in [0.4, 0.5) is 5.69 Å². The van der Waals surface area contributed by atoms with Gasteiger partial charge in [0.05, 0.1) is 5.60 Å². The van der Waals surface area contributed by atoms with Crippen LogP contribution in [-0.4, -0.2) is 34.6 Å². The summed E-state index contributed by atoms with van der Waals surface area (Å²) >= 11 is 0. The normalized spacial score (nSPS) is 11.3. The van der Waals surface area contributed by atoms with Gasteiger partial charge in [-0.25, -0.2) is 0 Å². The van der Waals surface area contributed by atoms with E-state index in [4.69, 9.17) is 5.73 Å². The molecule has 1 amide bonds. The van der Waals surface area contributed by atoms with Crippen molar-refractivity contribution in [2.75, 3.05) is 18.8 Å². The number of benzene rings is 1. The van der Waals surface area contributed by atoms with Crippen molar-refractivity contribution in [3.05, 3.63) is 29.8 Å². The number of anilines is 1. The number of amides is 1. The van der Waals surface area contributed by atoms with Gasteiger partial charge in [-0.15, -0.1) is 0 Å². The van der Waals surface area contributed by atoms with E-state index in [-0.39, 0.29) is 5.91 Å². The molecule has 4 heteroatoms. The lowest BCUT2D eigenvalue weighted by atomic mass is 10.1. The van der Waals surface area contributed by atoms with Gasteiger partial charge >= 0.3 is 0 Å². The number of nitrogen functional groups attached to an aromatic ring is 1. The van der Waals surface area contributed by atoms with Crippen LogP contribution in [0.5, 0.6) is 0 Å². The first-order chi connectivity index (χ1) is 7.83. The third-order valence-electron chi connectivity index (χ3n) is 2.38. The van der Waals surface area contributed by atoms with Gasteiger partial charge in [0, 0.05) is 24.3 Å². The Kier molecular flexibility index (Phi) is 4.12. The number of carbonyl (C=O) groups is 1. The minimum Gasteiger partial charge on any atom is -0.399 e. The molecule has 94 valence electrons. The summed E-state index contributed by atoms with van der Waals surface area (Å²) < 4.78 is 0. The van der Waals surface area contributed by atoms with E-state index in [2.05, 4.69) is 0 Å².